The number of hydrogen-bond acceptors (Lipinski definition) is 2. The fraction of sp³-hybridized carbons (Fsp3) is 0.231. The van der Waals surface area contributed by atoms with Gasteiger partial charge in [-0.15, -0.1) is 0 Å². The third kappa shape index (κ3) is 2.13. The van der Waals surface area contributed by atoms with E-state index in [1.807, 2.05) is 30.5 Å². The van der Waals surface area contributed by atoms with Gasteiger partial charge in [-0.25, -0.2) is 11.4 Å². The number of nitrogens with zero attached hydrogens (tertiary/aromatic N) is 1. The number of aromatic amines is 1. The van der Waals surface area contributed by atoms with Gasteiger partial charge in [0.05, 0.1) is 13.5 Å². The molecule has 2 aromatic rings. The quantitative estimate of drug-likeness (QED) is 0.646. The van der Waals surface area contributed by atoms with Crippen LogP contribution >= 0.6 is 0 Å². The summed E-state index contributed by atoms with van der Waals surface area (Å²) >= 11 is 0. The zero-order chi connectivity index (χ0) is 12.3. The van der Waals surface area contributed by atoms with Gasteiger partial charge in [-0.05, 0) is 11.6 Å². The molecule has 4 heteroatoms. The van der Waals surface area contributed by atoms with Crippen LogP contribution < -0.4 is 0 Å². The molecule has 0 saturated heterocycles. The lowest BCUT2D eigenvalue weighted by Crippen LogP contribution is -2.20. The van der Waals surface area contributed by atoms with Gasteiger partial charge in [-0.1, -0.05) is 18.2 Å². The molecule has 0 spiro atoms. The molecule has 0 aliphatic carbocycles. The van der Waals surface area contributed by atoms with Crippen LogP contribution in [0.3, 0.4) is 0 Å². The molecule has 0 aliphatic heterocycles. The molecule has 2 rings (SSSR count). The summed E-state index contributed by atoms with van der Waals surface area (Å²) in [7, 11) is 1.30. The van der Waals surface area contributed by atoms with Gasteiger partial charge in [-0.3, -0.25) is 0 Å². The molecule has 1 heterocycles. The molecule has 0 aliphatic rings. The number of para-hydroxylation sites is 1. The average Bonchev–Trinajstić information content (AvgIpc) is 2.78. The second-order valence-corrected chi connectivity index (χ2v) is 3.73. The fourth-order valence-corrected chi connectivity index (χ4v) is 1.83. The van der Waals surface area contributed by atoms with Gasteiger partial charge in [0.1, 0.15) is 0 Å². The molecule has 1 N–H and O–H groups in total. The minimum atomic E-state index is -0.765. The molecule has 1 aromatic heterocycles. The Kier molecular flexibility index (Phi) is 3.10. The summed E-state index contributed by atoms with van der Waals surface area (Å²) in [5.74, 6) is -0.481. The SMILES string of the molecule is [C-]#[N+]C(Cc1c[nH]c2ccccc12)C(=O)OC. The Morgan fingerprint density at radius 1 is 1.53 bits per heavy atom. The van der Waals surface area contributed by atoms with Crippen molar-refractivity contribution in [2.24, 2.45) is 0 Å². The molecule has 1 aromatic carbocycles. The number of nitrogens with one attached hydrogen (secondary N) is 1. The average molecular weight is 228 g/mol. The van der Waals surface area contributed by atoms with Crippen LogP contribution in [0.5, 0.6) is 0 Å². The standard InChI is InChI=1S/C13H12N2O2/c1-14-12(13(16)17-2)7-9-8-15-11-6-4-3-5-10(9)11/h3-6,8,12,15H,7H2,2H3. The highest BCUT2D eigenvalue weighted by Crippen LogP contribution is 2.20. The van der Waals surface area contributed by atoms with Crippen LogP contribution in [0, 0.1) is 6.57 Å². The second-order valence-electron chi connectivity index (χ2n) is 3.73. The number of esters is 1. The summed E-state index contributed by atoms with van der Waals surface area (Å²) in [5, 5.41) is 1.05. The van der Waals surface area contributed by atoms with Crippen molar-refractivity contribution in [3.8, 4) is 0 Å². The van der Waals surface area contributed by atoms with E-state index >= 15 is 0 Å². The molecule has 0 amide bonds. The number of benzene rings is 1. The van der Waals surface area contributed by atoms with Crippen LogP contribution in [-0.2, 0) is 16.0 Å². The summed E-state index contributed by atoms with van der Waals surface area (Å²) in [6, 6.07) is 7.04. The highest BCUT2D eigenvalue weighted by atomic mass is 16.5. The zero-order valence-electron chi connectivity index (χ0n) is 9.43. The van der Waals surface area contributed by atoms with E-state index in [0.29, 0.717) is 6.42 Å². The molecule has 0 fully saturated rings. The Balaban J connectivity index is 2.29. The van der Waals surface area contributed by atoms with Crippen molar-refractivity contribution in [1.82, 2.24) is 4.98 Å². The van der Waals surface area contributed by atoms with E-state index in [1.54, 1.807) is 0 Å². The molecular formula is C13H12N2O2. The van der Waals surface area contributed by atoms with Crippen molar-refractivity contribution in [2.75, 3.05) is 7.11 Å². The Bertz CT molecular complexity index is 580. The lowest BCUT2D eigenvalue weighted by atomic mass is 10.1. The van der Waals surface area contributed by atoms with Crippen LogP contribution in [0.25, 0.3) is 15.7 Å². The molecule has 0 saturated carbocycles. The van der Waals surface area contributed by atoms with Gasteiger partial charge in [-0.2, -0.15) is 0 Å². The summed E-state index contributed by atoms with van der Waals surface area (Å²) in [5.41, 5.74) is 1.98. The Morgan fingerprint density at radius 3 is 3.00 bits per heavy atom. The summed E-state index contributed by atoms with van der Waals surface area (Å²) in [4.78, 5) is 17.8. The molecule has 0 radical (unpaired) electrons. The number of H-pyrrole nitrogens is 1. The van der Waals surface area contributed by atoms with Crippen LogP contribution in [-0.4, -0.2) is 24.1 Å². The maximum absolute atomic E-state index is 11.4. The van der Waals surface area contributed by atoms with E-state index in [0.717, 1.165) is 16.5 Å². The first kappa shape index (κ1) is 11.2. The number of carbonyl (C=O) groups is 1. The zero-order valence-corrected chi connectivity index (χ0v) is 9.43. The van der Waals surface area contributed by atoms with E-state index in [-0.39, 0.29) is 0 Å². The lowest BCUT2D eigenvalue weighted by Gasteiger charge is -2.02. The summed E-state index contributed by atoms with van der Waals surface area (Å²) in [6.07, 6.45) is 2.21. The molecule has 0 bridgehead atoms. The number of rotatable bonds is 3. The van der Waals surface area contributed by atoms with Crippen LogP contribution in [0.2, 0.25) is 0 Å². The number of carbonyl (C=O) groups excluding carboxylic acids is 1. The molecule has 17 heavy (non-hydrogen) atoms. The van der Waals surface area contributed by atoms with E-state index in [1.165, 1.54) is 7.11 Å². The number of aromatic nitrogens is 1. The maximum atomic E-state index is 11.4. The first-order valence-corrected chi connectivity index (χ1v) is 5.25. The smallest absolute Gasteiger partial charge is 0.390 e. The normalized spacial score (nSPS) is 12.0. The highest BCUT2D eigenvalue weighted by Gasteiger charge is 2.25. The van der Waals surface area contributed by atoms with Crippen molar-refractivity contribution in [2.45, 2.75) is 12.5 Å². The second kappa shape index (κ2) is 4.71. The van der Waals surface area contributed by atoms with Gasteiger partial charge >= 0.3 is 12.0 Å². The topological polar surface area (TPSA) is 46.5 Å². The number of fused-ring (bicyclic) bond motifs is 1. The largest absolute Gasteiger partial charge is 0.463 e. The third-order valence-electron chi connectivity index (χ3n) is 2.72. The molecule has 1 atom stereocenters. The summed E-state index contributed by atoms with van der Waals surface area (Å²) < 4.78 is 4.60. The van der Waals surface area contributed by atoms with E-state index < -0.39 is 12.0 Å². The van der Waals surface area contributed by atoms with E-state index in [4.69, 9.17) is 6.57 Å². The summed E-state index contributed by atoms with van der Waals surface area (Å²) in [6.45, 7) is 7.02. The predicted molar refractivity (Wildman–Crippen MR) is 64.4 cm³/mol. The van der Waals surface area contributed by atoms with Crippen LogP contribution in [0.1, 0.15) is 5.56 Å². The molecule has 86 valence electrons. The van der Waals surface area contributed by atoms with Gasteiger partial charge in [0.2, 0.25) is 0 Å². The Morgan fingerprint density at radius 2 is 2.29 bits per heavy atom. The van der Waals surface area contributed by atoms with Crippen molar-refractivity contribution in [3.05, 3.63) is 47.4 Å². The number of hydrogen-bond donors (Lipinski definition) is 1. The predicted octanol–water partition coefficient (Wildman–Crippen LogP) is 2.17. The van der Waals surface area contributed by atoms with Crippen molar-refractivity contribution in [3.63, 3.8) is 0 Å². The minimum Gasteiger partial charge on any atom is -0.463 e. The monoisotopic (exact) mass is 228 g/mol. The van der Waals surface area contributed by atoms with Crippen LogP contribution in [0.4, 0.5) is 0 Å². The van der Waals surface area contributed by atoms with Crippen LogP contribution in [0.15, 0.2) is 30.5 Å². The fourth-order valence-electron chi connectivity index (χ4n) is 1.83. The van der Waals surface area contributed by atoms with Crippen molar-refractivity contribution < 1.29 is 9.53 Å². The van der Waals surface area contributed by atoms with Crippen molar-refractivity contribution >= 4 is 16.9 Å². The van der Waals surface area contributed by atoms with Gasteiger partial charge in [0.15, 0.2) is 0 Å². The van der Waals surface area contributed by atoms with E-state index in [2.05, 4.69) is 14.6 Å². The Labute approximate surface area is 99.0 Å². The molecule has 4 nitrogen and oxygen atoms in total. The highest BCUT2D eigenvalue weighted by molar-refractivity contribution is 5.85. The lowest BCUT2D eigenvalue weighted by molar-refractivity contribution is -0.141. The van der Waals surface area contributed by atoms with Gasteiger partial charge in [0, 0.05) is 17.1 Å². The third-order valence-corrected chi connectivity index (χ3v) is 2.72. The number of methoxy groups -OCH3 is 1. The molecule has 1 unspecified atom stereocenters. The minimum absolute atomic E-state index is 0.375. The maximum Gasteiger partial charge on any atom is 0.390 e. The van der Waals surface area contributed by atoms with Gasteiger partial charge in [0.25, 0.3) is 0 Å². The Hall–Kier alpha value is -2.28. The van der Waals surface area contributed by atoms with Crippen molar-refractivity contribution in [1.29, 1.82) is 0 Å². The molecular weight excluding hydrogens is 216 g/mol. The van der Waals surface area contributed by atoms with Gasteiger partial charge < -0.3 is 14.6 Å². The first-order chi connectivity index (χ1) is 8.26. The first-order valence-electron chi connectivity index (χ1n) is 5.25. The number of ether oxygens (including phenoxy) is 1. The van der Waals surface area contributed by atoms with E-state index in [9.17, 15) is 4.79 Å².